The van der Waals surface area contributed by atoms with Crippen molar-refractivity contribution in [1.29, 1.82) is 0 Å². The summed E-state index contributed by atoms with van der Waals surface area (Å²) in [5, 5.41) is 2.94. The maximum Gasteiger partial charge on any atom is 0.259 e. The molecule has 1 heterocycles. The molecule has 274 valence electrons. The first-order valence-corrected chi connectivity index (χ1v) is 18.0. The highest BCUT2D eigenvalue weighted by atomic mass is 16.5. The van der Waals surface area contributed by atoms with Crippen molar-refractivity contribution in [2.45, 2.75) is 46.1 Å². The van der Waals surface area contributed by atoms with E-state index in [4.69, 9.17) is 14.2 Å². The first-order valence-electron chi connectivity index (χ1n) is 18.0. The Morgan fingerprint density at radius 3 is 2.29 bits per heavy atom. The molecule has 4 aromatic carbocycles. The van der Waals surface area contributed by atoms with E-state index in [-0.39, 0.29) is 17.7 Å². The van der Waals surface area contributed by atoms with Crippen LogP contribution >= 0.6 is 0 Å². The van der Waals surface area contributed by atoms with Crippen LogP contribution in [0.1, 0.15) is 64.4 Å². The largest absolute Gasteiger partial charge is 0.492 e. The van der Waals surface area contributed by atoms with Gasteiger partial charge in [-0.25, -0.2) is 0 Å². The molecule has 0 saturated carbocycles. The summed E-state index contributed by atoms with van der Waals surface area (Å²) in [6.07, 6.45) is 3.06. The summed E-state index contributed by atoms with van der Waals surface area (Å²) in [5.74, 6) is 1.07. The summed E-state index contributed by atoms with van der Waals surface area (Å²) in [6, 6.07) is 27.6. The monoisotopic (exact) mass is 706 g/mol. The number of nitrogens with zero attached hydrogens (tertiary/aromatic N) is 3. The van der Waals surface area contributed by atoms with Crippen molar-refractivity contribution >= 4 is 29.1 Å². The lowest BCUT2D eigenvalue weighted by Gasteiger charge is -2.32. The second kappa shape index (κ2) is 18.8. The van der Waals surface area contributed by atoms with Crippen molar-refractivity contribution < 1.29 is 28.6 Å². The Kier molecular flexibility index (Phi) is 13.7. The number of carbonyl (C=O) groups excluding carboxylic acids is 3. The van der Waals surface area contributed by atoms with Crippen LogP contribution in [0.4, 0.5) is 11.4 Å². The fourth-order valence-electron chi connectivity index (χ4n) is 6.01. The van der Waals surface area contributed by atoms with Gasteiger partial charge in [-0.3, -0.25) is 14.4 Å². The third-order valence-corrected chi connectivity index (χ3v) is 9.08. The molecule has 1 saturated heterocycles. The van der Waals surface area contributed by atoms with Crippen LogP contribution in [-0.2, 0) is 11.4 Å². The normalized spacial score (nSPS) is 13.0. The number of piperazine rings is 1. The van der Waals surface area contributed by atoms with E-state index in [2.05, 4.69) is 17.3 Å². The summed E-state index contributed by atoms with van der Waals surface area (Å²) >= 11 is 0. The lowest BCUT2D eigenvalue weighted by atomic mass is 10.1. The predicted molar refractivity (Wildman–Crippen MR) is 205 cm³/mol. The Morgan fingerprint density at radius 1 is 0.769 bits per heavy atom. The van der Waals surface area contributed by atoms with Crippen molar-refractivity contribution in [2.75, 3.05) is 63.7 Å². The molecule has 52 heavy (non-hydrogen) atoms. The van der Waals surface area contributed by atoms with Gasteiger partial charge in [0.2, 0.25) is 5.91 Å². The topological polar surface area (TPSA) is 101 Å². The second-order valence-corrected chi connectivity index (χ2v) is 13.0. The van der Waals surface area contributed by atoms with E-state index in [9.17, 15) is 14.4 Å². The van der Waals surface area contributed by atoms with Crippen molar-refractivity contribution in [2.24, 2.45) is 0 Å². The van der Waals surface area contributed by atoms with Crippen LogP contribution in [0.25, 0.3) is 0 Å². The number of hydrogen-bond donors (Lipinski definition) is 1. The Balaban J connectivity index is 1.19. The third kappa shape index (κ3) is 10.4. The number of likely N-dealkylation sites (N-methyl/N-ethyl adjacent to an activating group) is 1. The summed E-state index contributed by atoms with van der Waals surface area (Å²) < 4.78 is 18.1. The van der Waals surface area contributed by atoms with Crippen LogP contribution in [0.5, 0.6) is 17.2 Å². The van der Waals surface area contributed by atoms with Gasteiger partial charge in [0.05, 0.1) is 30.2 Å². The highest BCUT2D eigenvalue weighted by Crippen LogP contribution is 2.33. The molecule has 0 atom stereocenters. The van der Waals surface area contributed by atoms with Crippen molar-refractivity contribution in [3.05, 3.63) is 113 Å². The fourth-order valence-corrected chi connectivity index (χ4v) is 6.01. The number of amides is 3. The van der Waals surface area contributed by atoms with Gasteiger partial charge in [0.25, 0.3) is 11.8 Å². The van der Waals surface area contributed by atoms with Gasteiger partial charge in [0.15, 0.2) is 0 Å². The number of unbranched alkanes of at least 4 members (excludes halogenated alkanes) is 2. The van der Waals surface area contributed by atoms with Gasteiger partial charge >= 0.3 is 0 Å². The molecule has 0 spiro atoms. The number of carbonyl (C=O) groups is 3. The highest BCUT2D eigenvalue weighted by Gasteiger charge is 2.22. The van der Waals surface area contributed by atoms with Crippen molar-refractivity contribution in [1.82, 2.24) is 9.80 Å². The minimum Gasteiger partial charge on any atom is -0.492 e. The van der Waals surface area contributed by atoms with E-state index < -0.39 is 0 Å². The summed E-state index contributed by atoms with van der Waals surface area (Å²) in [4.78, 5) is 45.6. The maximum absolute atomic E-state index is 13.8. The number of aryl methyl sites for hydroxylation is 1. The van der Waals surface area contributed by atoms with Gasteiger partial charge in [-0.2, -0.15) is 0 Å². The number of benzene rings is 4. The van der Waals surface area contributed by atoms with Gasteiger partial charge in [-0.15, -0.1) is 0 Å². The zero-order valence-electron chi connectivity index (χ0n) is 30.7. The molecule has 1 N–H and O–H groups in total. The number of ether oxygens (including phenoxy) is 3. The number of rotatable bonds is 16. The van der Waals surface area contributed by atoms with Crippen molar-refractivity contribution in [3.63, 3.8) is 0 Å². The van der Waals surface area contributed by atoms with Crippen LogP contribution in [0, 0.1) is 6.92 Å². The van der Waals surface area contributed by atoms with Crippen LogP contribution in [0.3, 0.4) is 0 Å². The zero-order valence-corrected chi connectivity index (χ0v) is 30.7. The average molecular weight is 707 g/mol. The molecule has 1 aliphatic rings. The molecular weight excluding hydrogens is 656 g/mol. The molecule has 0 unspecified atom stereocenters. The Morgan fingerprint density at radius 2 is 1.52 bits per heavy atom. The molecule has 1 fully saturated rings. The average Bonchev–Trinajstić information content (AvgIpc) is 3.16. The molecular formula is C42H50N4O6. The van der Waals surface area contributed by atoms with E-state index in [0.717, 1.165) is 56.6 Å². The minimum atomic E-state index is -0.358. The van der Waals surface area contributed by atoms with E-state index in [1.807, 2.05) is 73.3 Å². The molecule has 10 heteroatoms. The number of hydrogen-bond acceptors (Lipinski definition) is 7. The van der Waals surface area contributed by atoms with E-state index in [1.165, 1.54) is 0 Å². The van der Waals surface area contributed by atoms with E-state index in [1.54, 1.807) is 48.3 Å². The van der Waals surface area contributed by atoms with Crippen molar-refractivity contribution in [3.8, 4) is 17.2 Å². The van der Waals surface area contributed by atoms with Gasteiger partial charge in [-0.1, -0.05) is 48.5 Å². The summed E-state index contributed by atoms with van der Waals surface area (Å²) in [5.41, 5.74) is 3.87. The fraction of sp³-hybridized carbons (Fsp3) is 0.357. The quantitative estimate of drug-likeness (QED) is 0.123. The number of para-hydroxylation sites is 1. The van der Waals surface area contributed by atoms with Crippen LogP contribution < -0.4 is 24.4 Å². The number of nitrogens with one attached hydrogen (secondary N) is 1. The van der Waals surface area contributed by atoms with Gasteiger partial charge in [-0.05, 0) is 93.7 Å². The Hall–Kier alpha value is -5.35. The first kappa shape index (κ1) is 37.9. The molecule has 5 rings (SSSR count). The zero-order chi connectivity index (χ0) is 36.9. The minimum absolute atomic E-state index is 0.229. The molecule has 0 aromatic heterocycles. The first-order chi connectivity index (χ1) is 25.2. The predicted octanol–water partition coefficient (Wildman–Crippen LogP) is 7.21. The van der Waals surface area contributed by atoms with Gasteiger partial charge < -0.3 is 34.2 Å². The SMILES string of the molecule is CCOc1cc(C(=O)N(C)c2ccc(C)cc2OCCCCCC(=O)N2CCN(C)CC2)ccc1NC(=O)c1ccccc1OCc1ccccc1. The standard InChI is InChI=1S/C42H50N4O6/c1-5-50-38-29-33(20-21-35(38)43-41(48)34-16-11-12-17-37(34)52-30-32-14-8-6-9-15-32)42(49)45(4)36-22-19-31(2)28-39(36)51-27-13-7-10-18-40(47)46-25-23-44(3)24-26-46/h6,8-9,11-12,14-17,19-22,28-29H,5,7,10,13,18,23-27,30H2,1-4H3,(H,43,48). The summed E-state index contributed by atoms with van der Waals surface area (Å²) in [6.45, 7) is 8.43. The molecule has 0 radical (unpaired) electrons. The highest BCUT2D eigenvalue weighted by molar-refractivity contribution is 6.09. The van der Waals surface area contributed by atoms with Gasteiger partial charge in [0.1, 0.15) is 23.9 Å². The van der Waals surface area contributed by atoms with E-state index in [0.29, 0.717) is 66.0 Å². The van der Waals surface area contributed by atoms with Crippen LogP contribution in [-0.4, -0.2) is 81.0 Å². The molecule has 10 nitrogen and oxygen atoms in total. The Bertz CT molecular complexity index is 1810. The number of anilines is 2. The lowest BCUT2D eigenvalue weighted by molar-refractivity contribution is -0.132. The molecule has 0 bridgehead atoms. The lowest BCUT2D eigenvalue weighted by Crippen LogP contribution is -2.47. The molecule has 0 aliphatic carbocycles. The Labute approximate surface area is 307 Å². The molecule has 1 aliphatic heterocycles. The molecule has 3 amide bonds. The second-order valence-electron chi connectivity index (χ2n) is 13.0. The molecule has 4 aromatic rings. The maximum atomic E-state index is 13.8. The van der Waals surface area contributed by atoms with Gasteiger partial charge in [0, 0.05) is 45.2 Å². The van der Waals surface area contributed by atoms with E-state index >= 15 is 0 Å². The third-order valence-electron chi connectivity index (χ3n) is 9.08. The smallest absolute Gasteiger partial charge is 0.259 e. The summed E-state index contributed by atoms with van der Waals surface area (Å²) in [7, 11) is 3.80. The van der Waals surface area contributed by atoms with Crippen LogP contribution in [0.2, 0.25) is 0 Å². The van der Waals surface area contributed by atoms with Crippen LogP contribution in [0.15, 0.2) is 91.0 Å².